The van der Waals surface area contributed by atoms with E-state index < -0.39 is 27.7 Å². The maximum atomic E-state index is 12.3. The van der Waals surface area contributed by atoms with Crippen LogP contribution < -0.4 is 10.6 Å². The van der Waals surface area contributed by atoms with Gasteiger partial charge in [-0.3, -0.25) is 14.9 Å². The molecule has 0 aliphatic carbocycles. The standard InChI is InChI=1S/C16H16N2O6S2/c1-3-26(22,23)11-6-4-10(5-7-11)13(19)17-15-12(8-9-25-15)14(20)18-16(21)24-2/h4-9H,3H2,1-2H3,(H,17,19)(H,18,20,21). The van der Waals surface area contributed by atoms with Gasteiger partial charge in [0.05, 0.1) is 23.3 Å². The Labute approximate surface area is 154 Å². The molecule has 0 bridgehead atoms. The van der Waals surface area contributed by atoms with Gasteiger partial charge in [-0.15, -0.1) is 11.3 Å². The van der Waals surface area contributed by atoms with Crippen molar-refractivity contribution in [2.24, 2.45) is 0 Å². The number of benzene rings is 1. The number of hydrogen-bond donors (Lipinski definition) is 2. The lowest BCUT2D eigenvalue weighted by Crippen LogP contribution is -2.30. The molecule has 2 aromatic rings. The number of methoxy groups -OCH3 is 1. The average Bonchev–Trinajstić information content (AvgIpc) is 3.09. The normalized spacial score (nSPS) is 10.8. The largest absolute Gasteiger partial charge is 0.453 e. The highest BCUT2D eigenvalue weighted by Gasteiger charge is 2.18. The number of nitrogens with one attached hydrogen (secondary N) is 2. The van der Waals surface area contributed by atoms with Gasteiger partial charge in [-0.2, -0.15) is 0 Å². The van der Waals surface area contributed by atoms with E-state index in [0.29, 0.717) is 0 Å². The minimum absolute atomic E-state index is 0.0353. The van der Waals surface area contributed by atoms with Crippen LogP contribution in [0, 0.1) is 0 Å². The summed E-state index contributed by atoms with van der Waals surface area (Å²) in [6.07, 6.45) is -0.911. The van der Waals surface area contributed by atoms with E-state index in [4.69, 9.17) is 0 Å². The maximum Gasteiger partial charge on any atom is 0.413 e. The zero-order chi connectivity index (χ0) is 19.3. The smallest absolute Gasteiger partial charge is 0.413 e. The number of sulfone groups is 1. The molecule has 0 saturated carbocycles. The van der Waals surface area contributed by atoms with Crippen molar-refractivity contribution in [1.29, 1.82) is 0 Å². The highest BCUT2D eigenvalue weighted by Crippen LogP contribution is 2.24. The van der Waals surface area contributed by atoms with E-state index in [0.717, 1.165) is 18.4 Å². The van der Waals surface area contributed by atoms with Crippen molar-refractivity contribution in [3.63, 3.8) is 0 Å². The van der Waals surface area contributed by atoms with Crippen LogP contribution in [-0.2, 0) is 14.6 Å². The summed E-state index contributed by atoms with van der Waals surface area (Å²) in [4.78, 5) is 35.6. The number of carbonyl (C=O) groups is 3. The Balaban J connectivity index is 2.15. The zero-order valence-electron chi connectivity index (χ0n) is 13.9. The van der Waals surface area contributed by atoms with Crippen molar-refractivity contribution in [1.82, 2.24) is 5.32 Å². The first-order valence-corrected chi connectivity index (χ1v) is 9.92. The third-order valence-corrected chi connectivity index (χ3v) is 5.97. The molecule has 2 N–H and O–H groups in total. The summed E-state index contributed by atoms with van der Waals surface area (Å²) < 4.78 is 27.9. The predicted molar refractivity (Wildman–Crippen MR) is 96.3 cm³/mol. The predicted octanol–water partition coefficient (Wildman–Crippen LogP) is 2.29. The highest BCUT2D eigenvalue weighted by molar-refractivity contribution is 7.91. The number of imide groups is 1. The van der Waals surface area contributed by atoms with E-state index in [9.17, 15) is 22.8 Å². The number of hydrogen-bond acceptors (Lipinski definition) is 7. The first-order chi connectivity index (χ1) is 12.3. The molecule has 1 aromatic heterocycles. The van der Waals surface area contributed by atoms with Crippen LogP contribution in [0.3, 0.4) is 0 Å². The molecule has 1 aromatic carbocycles. The number of rotatable bonds is 5. The second-order valence-corrected chi connectivity index (χ2v) is 8.19. The number of amides is 3. The van der Waals surface area contributed by atoms with Gasteiger partial charge in [0, 0.05) is 5.56 Å². The Morgan fingerprint density at radius 2 is 1.73 bits per heavy atom. The monoisotopic (exact) mass is 396 g/mol. The third kappa shape index (κ3) is 4.46. The molecule has 0 aliphatic heterocycles. The molecule has 1 heterocycles. The first-order valence-electron chi connectivity index (χ1n) is 7.39. The zero-order valence-corrected chi connectivity index (χ0v) is 15.6. The molecule has 0 radical (unpaired) electrons. The van der Waals surface area contributed by atoms with Crippen molar-refractivity contribution in [2.75, 3.05) is 18.2 Å². The third-order valence-electron chi connectivity index (χ3n) is 3.39. The topological polar surface area (TPSA) is 119 Å². The summed E-state index contributed by atoms with van der Waals surface area (Å²) in [7, 11) is -2.22. The quantitative estimate of drug-likeness (QED) is 0.800. The van der Waals surface area contributed by atoms with E-state index in [1.165, 1.54) is 37.3 Å². The lowest BCUT2D eigenvalue weighted by molar-refractivity contribution is 0.0938. The Morgan fingerprint density at radius 3 is 2.31 bits per heavy atom. The summed E-state index contributed by atoms with van der Waals surface area (Å²) in [5.41, 5.74) is 0.340. The number of carbonyl (C=O) groups excluding carboxylic acids is 3. The summed E-state index contributed by atoms with van der Waals surface area (Å²) in [5.74, 6) is -1.26. The molecule has 0 saturated heterocycles. The molecule has 10 heteroatoms. The Kier molecular flexibility index (Phi) is 6.11. The van der Waals surface area contributed by atoms with Crippen molar-refractivity contribution >= 4 is 44.1 Å². The van der Waals surface area contributed by atoms with Gasteiger partial charge < -0.3 is 10.1 Å². The number of alkyl carbamates (subject to hydrolysis) is 1. The molecule has 0 aliphatic rings. The van der Waals surface area contributed by atoms with Crippen LogP contribution >= 0.6 is 11.3 Å². The van der Waals surface area contributed by atoms with Crippen molar-refractivity contribution in [3.05, 3.63) is 46.8 Å². The van der Waals surface area contributed by atoms with Gasteiger partial charge in [0.1, 0.15) is 5.00 Å². The van der Waals surface area contributed by atoms with E-state index in [2.05, 4.69) is 10.1 Å². The van der Waals surface area contributed by atoms with Gasteiger partial charge in [-0.1, -0.05) is 6.92 Å². The average molecular weight is 396 g/mol. The van der Waals surface area contributed by atoms with Gasteiger partial charge in [0.15, 0.2) is 9.84 Å². The Morgan fingerprint density at radius 1 is 1.08 bits per heavy atom. The Hall–Kier alpha value is -2.72. The van der Waals surface area contributed by atoms with Crippen LogP contribution in [0.5, 0.6) is 0 Å². The molecular formula is C16H16N2O6S2. The van der Waals surface area contributed by atoms with E-state index in [-0.39, 0.29) is 26.8 Å². The van der Waals surface area contributed by atoms with E-state index in [1.54, 1.807) is 5.38 Å². The summed E-state index contributed by atoms with van der Waals surface area (Å²) in [5, 5.41) is 6.41. The van der Waals surface area contributed by atoms with Crippen LogP contribution in [0.2, 0.25) is 0 Å². The minimum atomic E-state index is -3.35. The molecule has 26 heavy (non-hydrogen) atoms. The second kappa shape index (κ2) is 8.11. The number of thiophene rings is 1. The van der Waals surface area contributed by atoms with Gasteiger partial charge in [0.2, 0.25) is 0 Å². The molecule has 0 atom stereocenters. The molecule has 138 valence electrons. The van der Waals surface area contributed by atoms with Crippen LogP contribution in [0.4, 0.5) is 9.80 Å². The summed E-state index contributed by atoms with van der Waals surface area (Å²) in [6, 6.07) is 6.94. The second-order valence-electron chi connectivity index (χ2n) is 4.99. The summed E-state index contributed by atoms with van der Waals surface area (Å²) in [6.45, 7) is 1.54. The first kappa shape index (κ1) is 19.6. The minimum Gasteiger partial charge on any atom is -0.453 e. The molecule has 3 amide bonds. The van der Waals surface area contributed by atoms with Crippen LogP contribution in [0.1, 0.15) is 27.6 Å². The molecule has 0 spiro atoms. The lowest BCUT2D eigenvalue weighted by Gasteiger charge is -2.07. The molecule has 0 unspecified atom stereocenters. The van der Waals surface area contributed by atoms with E-state index >= 15 is 0 Å². The fourth-order valence-electron chi connectivity index (χ4n) is 1.95. The Bertz CT molecular complexity index is 932. The van der Waals surface area contributed by atoms with Crippen LogP contribution in [0.25, 0.3) is 0 Å². The lowest BCUT2D eigenvalue weighted by atomic mass is 10.2. The van der Waals surface area contributed by atoms with Crippen LogP contribution in [0.15, 0.2) is 40.6 Å². The molecular weight excluding hydrogens is 380 g/mol. The van der Waals surface area contributed by atoms with E-state index in [1.807, 2.05) is 5.32 Å². The highest BCUT2D eigenvalue weighted by atomic mass is 32.2. The summed E-state index contributed by atoms with van der Waals surface area (Å²) >= 11 is 1.11. The van der Waals surface area contributed by atoms with Gasteiger partial charge >= 0.3 is 6.09 Å². The van der Waals surface area contributed by atoms with Crippen molar-refractivity contribution in [2.45, 2.75) is 11.8 Å². The molecule has 8 nitrogen and oxygen atoms in total. The number of ether oxygens (including phenoxy) is 1. The number of anilines is 1. The fourth-order valence-corrected chi connectivity index (χ4v) is 3.62. The van der Waals surface area contributed by atoms with Crippen molar-refractivity contribution < 1.29 is 27.5 Å². The fraction of sp³-hybridized carbons (Fsp3) is 0.188. The molecule has 2 rings (SSSR count). The SMILES string of the molecule is CCS(=O)(=O)c1ccc(C(=O)Nc2sccc2C(=O)NC(=O)OC)cc1. The van der Waals surface area contributed by atoms with Gasteiger partial charge in [-0.05, 0) is 35.7 Å². The maximum absolute atomic E-state index is 12.3. The van der Waals surface area contributed by atoms with Crippen molar-refractivity contribution in [3.8, 4) is 0 Å². The van der Waals surface area contributed by atoms with Gasteiger partial charge in [-0.25, -0.2) is 13.2 Å². The van der Waals surface area contributed by atoms with Crippen LogP contribution in [-0.4, -0.2) is 39.2 Å². The van der Waals surface area contributed by atoms with Gasteiger partial charge in [0.25, 0.3) is 11.8 Å². The molecule has 0 fully saturated rings.